The van der Waals surface area contributed by atoms with Crippen LogP contribution >= 0.6 is 0 Å². The summed E-state index contributed by atoms with van der Waals surface area (Å²) in [6.07, 6.45) is 5.04. The van der Waals surface area contributed by atoms with Crippen molar-refractivity contribution in [2.75, 3.05) is 46.8 Å². The van der Waals surface area contributed by atoms with Crippen molar-refractivity contribution in [2.24, 2.45) is 4.99 Å². The molecule has 4 heterocycles. The number of hydrogen-bond donors (Lipinski definition) is 7. The Morgan fingerprint density at radius 3 is 2.67 bits per heavy atom. The van der Waals surface area contributed by atoms with Crippen molar-refractivity contribution >= 4 is 6.08 Å². The molecule has 12 heteroatoms. The lowest BCUT2D eigenvalue weighted by molar-refractivity contribution is -0.141. The standard InChI is InChI=1S/C55H60N4O8/c1-33(61)29-57-31-59-49-10-6-7-21-64-48-26-39(24-37(51(48)63)13-11-34-8-4-3-5-9-34)54-55(49,65-32-56-2)28-46-45-25-38(23-35-12-18-47-36(22-35)19-20-58-47)44-27-40(62)14-16-42(44)50(45)53-43(52(46)67-54)17-15-41(30-60)66-53/h3-5,8-9,12,14,16,18-19,22,24,26-27,33,38,41,49,54,56-57,59-63H,7,11,13,15,17,20-21,23,25,28-32H2,1-2H3/t33-,38-,41+,49-,54+,55-/m0/s1. The summed E-state index contributed by atoms with van der Waals surface area (Å²) < 4.78 is 28.1. The van der Waals surface area contributed by atoms with E-state index in [2.05, 4.69) is 69.2 Å². The van der Waals surface area contributed by atoms with E-state index >= 15 is 0 Å². The molecule has 67 heavy (non-hydrogen) atoms. The van der Waals surface area contributed by atoms with Crippen molar-refractivity contribution in [1.82, 2.24) is 16.0 Å². The van der Waals surface area contributed by atoms with Crippen LogP contribution in [0.3, 0.4) is 0 Å². The van der Waals surface area contributed by atoms with Crippen molar-refractivity contribution in [3.63, 3.8) is 0 Å². The summed E-state index contributed by atoms with van der Waals surface area (Å²) in [5.41, 5.74) is 8.68. The SMILES string of the molecule is CNCO[C@]12Cc3c4c(c5c(c3O[C@@H]1c1cc(CCc3ccccc3)c(O)c(c1)OCCC#C[C@@H]2NCNC[C@H](C)O)CC[C@H](CO)O5)-c1ccc(O)cc1[C@@H](Cc1ccc2c(c1)=CCN=2)C4. The molecule has 0 unspecified atom stereocenters. The van der Waals surface area contributed by atoms with Crippen molar-refractivity contribution in [2.45, 2.75) is 94.2 Å². The fraction of sp³-hybridized carbons (Fsp3) is 0.400. The average molecular weight is 905 g/mol. The van der Waals surface area contributed by atoms with Gasteiger partial charge in [-0.05, 0) is 139 Å². The molecule has 4 aliphatic heterocycles. The minimum Gasteiger partial charge on any atom is -0.508 e. The van der Waals surface area contributed by atoms with Crippen molar-refractivity contribution in [1.29, 1.82) is 0 Å². The number of nitrogens with one attached hydrogen (secondary N) is 3. The number of hydrogen-bond acceptors (Lipinski definition) is 12. The third-order valence-electron chi connectivity index (χ3n) is 14.0. The van der Waals surface area contributed by atoms with Crippen LogP contribution in [-0.2, 0) is 43.3 Å². The first-order valence-corrected chi connectivity index (χ1v) is 23.8. The number of aliphatic hydroxyl groups excluding tert-OH is 2. The van der Waals surface area contributed by atoms with E-state index in [4.69, 9.17) is 18.9 Å². The summed E-state index contributed by atoms with van der Waals surface area (Å²) in [6.45, 7) is 3.46. The van der Waals surface area contributed by atoms with Gasteiger partial charge in [0.25, 0.3) is 0 Å². The van der Waals surface area contributed by atoms with Gasteiger partial charge < -0.3 is 44.7 Å². The minimum atomic E-state index is -1.18. The number of aliphatic hydroxyl groups is 2. The lowest BCUT2D eigenvalue weighted by Crippen LogP contribution is -2.62. The van der Waals surface area contributed by atoms with Gasteiger partial charge >= 0.3 is 0 Å². The van der Waals surface area contributed by atoms with Gasteiger partial charge in [-0.15, -0.1) is 0 Å². The molecule has 7 N–H and O–H groups in total. The van der Waals surface area contributed by atoms with Crippen molar-refractivity contribution in [3.8, 4) is 51.7 Å². The molecular weight excluding hydrogens is 845 g/mol. The summed E-state index contributed by atoms with van der Waals surface area (Å²) in [4.78, 5) is 4.63. The summed E-state index contributed by atoms with van der Waals surface area (Å²) in [5.74, 6) is 9.07. The summed E-state index contributed by atoms with van der Waals surface area (Å²) in [6, 6.07) is 25.7. The summed E-state index contributed by atoms with van der Waals surface area (Å²) in [7, 11) is 1.86. The highest BCUT2D eigenvalue weighted by atomic mass is 16.6. The fourth-order valence-electron chi connectivity index (χ4n) is 10.8. The smallest absolute Gasteiger partial charge is 0.161 e. The second kappa shape index (κ2) is 19.4. The first-order valence-electron chi connectivity index (χ1n) is 23.8. The van der Waals surface area contributed by atoms with E-state index in [9.17, 15) is 20.4 Å². The Balaban J connectivity index is 1.18. The van der Waals surface area contributed by atoms with Crippen LogP contribution in [0.15, 0.2) is 83.9 Å². The van der Waals surface area contributed by atoms with Gasteiger partial charge in [0.05, 0.1) is 38.0 Å². The van der Waals surface area contributed by atoms with Crippen LogP contribution in [0.4, 0.5) is 0 Å². The highest BCUT2D eigenvalue weighted by Gasteiger charge is 2.54. The molecule has 0 radical (unpaired) electrons. The van der Waals surface area contributed by atoms with E-state index in [-0.39, 0.29) is 37.4 Å². The molecule has 2 bridgehead atoms. The molecule has 0 saturated carbocycles. The number of benzene rings is 5. The first kappa shape index (κ1) is 44.9. The molecule has 6 atom stereocenters. The number of phenolic OH excluding ortho intramolecular Hbond substituents is 2. The minimum absolute atomic E-state index is 0.0211. The van der Waals surface area contributed by atoms with Gasteiger partial charge in [-0.2, -0.15) is 0 Å². The topological polar surface area (TPSA) is 166 Å². The fourth-order valence-corrected chi connectivity index (χ4v) is 10.8. The first-order chi connectivity index (χ1) is 32.7. The normalized spacial score (nSPS) is 22.4. The van der Waals surface area contributed by atoms with E-state index < -0.39 is 30.0 Å². The lowest BCUT2D eigenvalue weighted by atomic mass is 9.69. The number of fused-ring (bicyclic) bond motifs is 13. The summed E-state index contributed by atoms with van der Waals surface area (Å²) in [5, 5.41) is 56.1. The molecule has 348 valence electrons. The van der Waals surface area contributed by atoms with Crippen LogP contribution in [-0.4, -0.2) is 91.0 Å². The van der Waals surface area contributed by atoms with Gasteiger partial charge in [-0.3, -0.25) is 15.6 Å². The van der Waals surface area contributed by atoms with Gasteiger partial charge in [0.2, 0.25) is 0 Å². The number of aryl methyl sites for hydroxylation is 2. The van der Waals surface area contributed by atoms with Gasteiger partial charge in [0.15, 0.2) is 17.6 Å². The molecule has 0 spiro atoms. The largest absolute Gasteiger partial charge is 0.508 e. The Bertz CT molecular complexity index is 2840. The zero-order chi connectivity index (χ0) is 46.1. The quantitative estimate of drug-likeness (QED) is 0.0465. The van der Waals surface area contributed by atoms with Crippen LogP contribution < -0.4 is 40.7 Å². The zero-order valence-electron chi connectivity index (χ0n) is 38.2. The Hall–Kier alpha value is -5.91. The number of aromatic hydroxyl groups is 2. The Labute approximate surface area is 391 Å². The van der Waals surface area contributed by atoms with Gasteiger partial charge in [0, 0.05) is 42.7 Å². The van der Waals surface area contributed by atoms with Crippen molar-refractivity contribution < 1.29 is 39.4 Å². The van der Waals surface area contributed by atoms with Crippen LogP contribution in [0.5, 0.6) is 28.7 Å². The molecule has 5 aliphatic rings. The number of phenols is 2. The number of rotatable bonds is 14. The molecular formula is C55H60N4O8. The molecule has 0 amide bonds. The maximum atomic E-state index is 11.8. The van der Waals surface area contributed by atoms with E-state index in [1.54, 1.807) is 13.0 Å². The van der Waals surface area contributed by atoms with Gasteiger partial charge in [-0.1, -0.05) is 60.4 Å². The Kier molecular flexibility index (Phi) is 13.0. The van der Waals surface area contributed by atoms with Crippen LogP contribution in [0.25, 0.3) is 17.2 Å². The third kappa shape index (κ3) is 8.88. The van der Waals surface area contributed by atoms with Crippen LogP contribution in [0.2, 0.25) is 0 Å². The van der Waals surface area contributed by atoms with Gasteiger partial charge in [0.1, 0.15) is 35.0 Å². The molecule has 10 rings (SSSR count). The number of ether oxygens (including phenoxy) is 4. The molecule has 1 aliphatic carbocycles. The Morgan fingerprint density at radius 1 is 0.955 bits per heavy atom. The second-order valence-electron chi connectivity index (χ2n) is 18.6. The zero-order valence-corrected chi connectivity index (χ0v) is 38.2. The van der Waals surface area contributed by atoms with E-state index in [0.29, 0.717) is 76.2 Å². The van der Waals surface area contributed by atoms with Crippen LogP contribution in [0, 0.1) is 11.8 Å². The monoisotopic (exact) mass is 904 g/mol. The maximum Gasteiger partial charge on any atom is 0.161 e. The van der Waals surface area contributed by atoms with Crippen LogP contribution in [0.1, 0.15) is 76.3 Å². The highest BCUT2D eigenvalue weighted by molar-refractivity contribution is 5.85. The number of nitrogens with zero attached hydrogens (tertiary/aromatic N) is 1. The molecule has 0 fully saturated rings. The molecule has 0 saturated heterocycles. The maximum absolute atomic E-state index is 11.8. The van der Waals surface area contributed by atoms with E-state index in [0.717, 1.165) is 72.8 Å². The third-order valence-corrected chi connectivity index (χ3v) is 14.0. The Morgan fingerprint density at radius 2 is 1.84 bits per heavy atom. The molecule has 5 aromatic carbocycles. The summed E-state index contributed by atoms with van der Waals surface area (Å²) >= 11 is 0. The molecule has 5 aromatic rings. The highest BCUT2D eigenvalue weighted by Crippen LogP contribution is 2.58. The lowest BCUT2D eigenvalue weighted by Gasteiger charge is -2.49. The van der Waals surface area contributed by atoms with E-state index in [1.165, 1.54) is 5.56 Å². The second-order valence-corrected chi connectivity index (χ2v) is 18.6. The van der Waals surface area contributed by atoms with Crippen molar-refractivity contribution in [3.05, 3.63) is 134 Å². The average Bonchev–Trinajstić information content (AvgIpc) is 3.81. The van der Waals surface area contributed by atoms with E-state index in [1.807, 2.05) is 49.5 Å². The van der Waals surface area contributed by atoms with Gasteiger partial charge in [-0.25, -0.2) is 0 Å². The predicted octanol–water partition coefficient (Wildman–Crippen LogP) is 4.81. The molecule has 12 nitrogen and oxygen atoms in total. The predicted molar refractivity (Wildman–Crippen MR) is 256 cm³/mol. The molecule has 0 aromatic heterocycles.